The molecule has 16 heavy (non-hydrogen) atoms. The predicted octanol–water partition coefficient (Wildman–Crippen LogP) is 2.79. The molecule has 1 aliphatic rings. The molecule has 1 fully saturated rings. The van der Waals surface area contributed by atoms with E-state index in [0.717, 1.165) is 6.42 Å². The highest BCUT2D eigenvalue weighted by molar-refractivity contribution is 7.95. The molecule has 0 saturated carbocycles. The van der Waals surface area contributed by atoms with Crippen LogP contribution in [0.5, 0.6) is 5.75 Å². The van der Waals surface area contributed by atoms with Crippen molar-refractivity contribution in [1.82, 2.24) is 0 Å². The quantitative estimate of drug-likeness (QED) is 0.823. The minimum absolute atomic E-state index is 0.0212. The minimum Gasteiger partial charge on any atom is -0.432 e. The zero-order valence-electron chi connectivity index (χ0n) is 8.44. The van der Waals surface area contributed by atoms with Crippen molar-refractivity contribution in [2.45, 2.75) is 13.0 Å². The Hall–Kier alpha value is -1.17. The van der Waals surface area contributed by atoms with Gasteiger partial charge in [0.05, 0.1) is 9.73 Å². The van der Waals surface area contributed by atoms with Gasteiger partial charge in [-0.1, -0.05) is 12.1 Å². The molecule has 88 valence electrons. The molecule has 1 saturated heterocycles. The molecule has 0 bridgehead atoms. The molecule has 2 rings (SSSR count). The van der Waals surface area contributed by atoms with Crippen LogP contribution in [0.3, 0.4) is 0 Å². The summed E-state index contributed by atoms with van der Waals surface area (Å²) in [5.41, 5.74) is 0.243. The number of hydrogen-bond donors (Lipinski definition) is 0. The second kappa shape index (κ2) is 4.37. The van der Waals surface area contributed by atoms with Gasteiger partial charge in [0.15, 0.2) is 5.75 Å². The van der Waals surface area contributed by atoms with Crippen LogP contribution in [0.4, 0.5) is 14.5 Å². The summed E-state index contributed by atoms with van der Waals surface area (Å²) in [6, 6.07) is 6.15. The van der Waals surface area contributed by atoms with Gasteiger partial charge >= 0.3 is 6.61 Å². The van der Waals surface area contributed by atoms with Crippen molar-refractivity contribution in [3.63, 3.8) is 0 Å². The number of halogens is 2. The maximum atomic E-state index is 12.1. The van der Waals surface area contributed by atoms with Crippen molar-refractivity contribution in [2.75, 3.05) is 11.5 Å². The average molecular weight is 247 g/mol. The van der Waals surface area contributed by atoms with Gasteiger partial charge in [0.2, 0.25) is 0 Å². The van der Waals surface area contributed by atoms with Crippen molar-refractivity contribution >= 4 is 15.4 Å². The lowest BCUT2D eigenvalue weighted by molar-refractivity contribution is -0.0494. The summed E-state index contributed by atoms with van der Waals surface area (Å²) in [7, 11) is -2.20. The zero-order chi connectivity index (χ0) is 11.6. The summed E-state index contributed by atoms with van der Waals surface area (Å²) in [6.07, 6.45) is 0.875. The van der Waals surface area contributed by atoms with E-state index in [9.17, 15) is 13.0 Å². The van der Waals surface area contributed by atoms with E-state index < -0.39 is 16.3 Å². The summed E-state index contributed by atoms with van der Waals surface area (Å²) in [4.78, 5) is 0. The molecule has 3 nitrogen and oxygen atoms in total. The van der Waals surface area contributed by atoms with Gasteiger partial charge in [0.25, 0.3) is 0 Å². The molecule has 0 atom stereocenters. The van der Waals surface area contributed by atoms with Crippen LogP contribution in [0.1, 0.15) is 6.42 Å². The van der Waals surface area contributed by atoms with Crippen molar-refractivity contribution in [1.29, 1.82) is 0 Å². The summed E-state index contributed by atoms with van der Waals surface area (Å²) in [5.74, 6) is 1.05. The second-order valence-corrected chi connectivity index (χ2v) is 6.02. The first-order valence-corrected chi connectivity index (χ1v) is 6.71. The van der Waals surface area contributed by atoms with E-state index in [4.69, 9.17) is 0 Å². The number of rotatable bonds is 3. The third-order valence-electron chi connectivity index (χ3n) is 2.27. The summed E-state index contributed by atoms with van der Waals surface area (Å²) < 4.78 is 44.4. The van der Waals surface area contributed by atoms with Crippen LogP contribution in [0.2, 0.25) is 0 Å². The lowest BCUT2D eigenvalue weighted by atomic mass is 10.3. The highest BCUT2D eigenvalue weighted by Gasteiger charge is 2.20. The summed E-state index contributed by atoms with van der Waals surface area (Å²) in [5, 5.41) is 0. The fraction of sp³-hybridized carbons (Fsp3) is 0.400. The smallest absolute Gasteiger partial charge is 0.387 e. The first kappa shape index (κ1) is 11.3. The molecule has 1 heterocycles. The van der Waals surface area contributed by atoms with E-state index >= 15 is 0 Å². The third kappa shape index (κ3) is 2.49. The van der Waals surface area contributed by atoms with Crippen LogP contribution in [-0.4, -0.2) is 22.3 Å². The largest absolute Gasteiger partial charge is 0.432 e. The number of ether oxygens (including phenoxy) is 1. The van der Waals surface area contributed by atoms with Crippen LogP contribution >= 0.6 is 0 Å². The lowest BCUT2D eigenvalue weighted by Gasteiger charge is -2.18. The highest BCUT2D eigenvalue weighted by atomic mass is 32.2. The molecule has 0 aromatic heterocycles. The summed E-state index contributed by atoms with van der Waals surface area (Å²) in [6.45, 7) is -2.89. The Morgan fingerprint density at radius 3 is 2.56 bits per heavy atom. The first-order valence-electron chi connectivity index (χ1n) is 4.85. The molecule has 0 amide bonds. The number of para-hydroxylation sites is 1. The van der Waals surface area contributed by atoms with E-state index in [0.29, 0.717) is 11.5 Å². The molecule has 0 N–H and O–H groups in total. The van der Waals surface area contributed by atoms with Crippen molar-refractivity contribution < 1.29 is 17.7 Å². The fourth-order valence-corrected chi connectivity index (χ4v) is 2.86. The molecule has 1 aliphatic heterocycles. The molecule has 6 heteroatoms. The molecule has 0 unspecified atom stereocenters. The van der Waals surface area contributed by atoms with Crippen LogP contribution < -0.4 is 4.74 Å². The third-order valence-corrected chi connectivity index (χ3v) is 4.66. The van der Waals surface area contributed by atoms with E-state index in [1.807, 2.05) is 0 Å². The van der Waals surface area contributed by atoms with E-state index in [1.54, 1.807) is 12.1 Å². The van der Waals surface area contributed by atoms with Gasteiger partial charge in [0.1, 0.15) is 5.69 Å². The molecule has 0 aliphatic carbocycles. The fourth-order valence-electron chi connectivity index (χ4n) is 1.39. The predicted molar refractivity (Wildman–Crippen MR) is 57.7 cm³/mol. The lowest BCUT2D eigenvalue weighted by Crippen LogP contribution is -2.23. The Bertz CT molecular complexity index is 485. The Balaban J connectivity index is 2.33. The van der Waals surface area contributed by atoms with Gasteiger partial charge < -0.3 is 4.74 Å². The Morgan fingerprint density at radius 1 is 1.31 bits per heavy atom. The molecule has 1 aromatic rings. The van der Waals surface area contributed by atoms with Crippen molar-refractivity contribution in [3.05, 3.63) is 24.3 Å². The zero-order valence-corrected chi connectivity index (χ0v) is 9.25. The molecular formula is C10H11F2NO2S. The van der Waals surface area contributed by atoms with Gasteiger partial charge in [-0.25, -0.2) is 4.21 Å². The van der Waals surface area contributed by atoms with Crippen LogP contribution in [0.15, 0.2) is 28.6 Å². The van der Waals surface area contributed by atoms with Crippen molar-refractivity contribution in [2.24, 2.45) is 4.36 Å². The maximum Gasteiger partial charge on any atom is 0.387 e. The van der Waals surface area contributed by atoms with Gasteiger partial charge in [-0.2, -0.15) is 13.1 Å². The number of benzene rings is 1. The van der Waals surface area contributed by atoms with E-state index in [1.165, 1.54) is 12.1 Å². The molecule has 1 aromatic carbocycles. The second-order valence-electron chi connectivity index (χ2n) is 3.47. The maximum absolute atomic E-state index is 12.1. The molecular weight excluding hydrogens is 236 g/mol. The van der Waals surface area contributed by atoms with E-state index in [-0.39, 0.29) is 11.4 Å². The number of hydrogen-bond acceptors (Lipinski definition) is 3. The SMILES string of the molecule is O=S1(=Nc2ccccc2OC(F)F)CCC1. The monoisotopic (exact) mass is 247 g/mol. The van der Waals surface area contributed by atoms with Crippen molar-refractivity contribution in [3.8, 4) is 5.75 Å². The first-order chi connectivity index (χ1) is 7.59. The summed E-state index contributed by atoms with van der Waals surface area (Å²) >= 11 is 0. The van der Waals surface area contributed by atoms with Gasteiger partial charge in [-0.15, -0.1) is 0 Å². The van der Waals surface area contributed by atoms with Gasteiger partial charge in [-0.05, 0) is 18.6 Å². The normalized spacial score (nSPS) is 17.9. The molecule has 0 radical (unpaired) electrons. The Kier molecular flexibility index (Phi) is 3.09. The molecule has 0 spiro atoms. The van der Waals surface area contributed by atoms with Gasteiger partial charge in [0, 0.05) is 11.5 Å². The Morgan fingerprint density at radius 2 is 2.00 bits per heavy atom. The Labute approximate surface area is 92.6 Å². The minimum atomic E-state index is -2.89. The van der Waals surface area contributed by atoms with Gasteiger partial charge in [-0.3, -0.25) is 0 Å². The van der Waals surface area contributed by atoms with Crippen LogP contribution in [-0.2, 0) is 9.73 Å². The average Bonchev–Trinajstić information content (AvgIpc) is 2.18. The van der Waals surface area contributed by atoms with Crippen LogP contribution in [0, 0.1) is 0 Å². The standard InChI is InChI=1S/C10H11F2NO2S/c11-10(12)15-9-5-2-1-4-8(9)13-16(14)6-3-7-16/h1-2,4-5,10H,3,6-7H2. The van der Waals surface area contributed by atoms with E-state index in [2.05, 4.69) is 9.10 Å². The van der Waals surface area contributed by atoms with Crippen LogP contribution in [0.25, 0.3) is 0 Å². The highest BCUT2D eigenvalue weighted by Crippen LogP contribution is 2.31. The number of nitrogens with zero attached hydrogens (tertiary/aromatic N) is 1. The number of alkyl halides is 2. The topological polar surface area (TPSA) is 38.7 Å².